The first-order chi connectivity index (χ1) is 16.8. The molecule has 0 fully saturated rings. The molecule has 0 unspecified atom stereocenters. The van der Waals surface area contributed by atoms with Crippen molar-refractivity contribution < 1.29 is 19.4 Å². The van der Waals surface area contributed by atoms with Crippen LogP contribution in [0.25, 0.3) is 22.0 Å². The van der Waals surface area contributed by atoms with Crippen molar-refractivity contribution >= 4 is 34.3 Å². The smallest absolute Gasteiger partial charge is 0.335 e. The lowest BCUT2D eigenvalue weighted by atomic mass is 10.0. The summed E-state index contributed by atoms with van der Waals surface area (Å²) in [7, 11) is 0. The summed E-state index contributed by atoms with van der Waals surface area (Å²) in [6, 6.07) is 15.3. The molecular formula is C27H21ClN2O5. The Hall–Kier alpha value is -3.97. The third kappa shape index (κ3) is 4.19. The van der Waals surface area contributed by atoms with Gasteiger partial charge in [0.1, 0.15) is 18.2 Å². The number of hydrogen-bond acceptors (Lipinski definition) is 5. The Morgan fingerprint density at radius 2 is 1.94 bits per heavy atom. The van der Waals surface area contributed by atoms with Gasteiger partial charge >= 0.3 is 5.97 Å². The molecule has 4 aromatic rings. The Kier molecular flexibility index (Phi) is 5.86. The molecule has 1 aliphatic carbocycles. The number of aryl methyl sites for hydroxylation is 2. The van der Waals surface area contributed by atoms with E-state index < -0.39 is 5.97 Å². The molecule has 7 nitrogen and oxygen atoms in total. The second-order valence-electron chi connectivity index (χ2n) is 8.41. The minimum absolute atomic E-state index is 0.0226. The van der Waals surface area contributed by atoms with Crippen molar-refractivity contribution in [1.82, 2.24) is 9.55 Å². The summed E-state index contributed by atoms with van der Waals surface area (Å²) in [6.07, 6.45) is 1.05. The molecule has 1 aromatic heterocycles. The average molecular weight is 489 g/mol. The number of hydrogen-bond donors (Lipinski definition) is 1. The van der Waals surface area contributed by atoms with Crippen molar-refractivity contribution in [1.29, 1.82) is 0 Å². The minimum Gasteiger partial charge on any atom is -0.491 e. The van der Waals surface area contributed by atoms with E-state index in [-0.39, 0.29) is 30.1 Å². The van der Waals surface area contributed by atoms with Crippen LogP contribution in [-0.4, -0.2) is 33.0 Å². The molecule has 8 heteroatoms. The highest BCUT2D eigenvalue weighted by molar-refractivity contribution is 6.31. The number of aromatic nitrogens is 2. The molecule has 176 valence electrons. The zero-order valence-corrected chi connectivity index (χ0v) is 19.6. The zero-order valence-electron chi connectivity index (χ0n) is 18.9. The normalized spacial score (nSPS) is 12.7. The molecule has 0 aliphatic heterocycles. The first-order valence-corrected chi connectivity index (χ1v) is 11.5. The highest BCUT2D eigenvalue weighted by Crippen LogP contribution is 2.33. The molecule has 0 radical (unpaired) electrons. The van der Waals surface area contributed by atoms with Crippen molar-refractivity contribution in [3.8, 4) is 16.9 Å². The molecule has 1 heterocycles. The van der Waals surface area contributed by atoms with Gasteiger partial charge in [-0.25, -0.2) is 9.78 Å². The van der Waals surface area contributed by atoms with E-state index >= 15 is 0 Å². The van der Waals surface area contributed by atoms with E-state index in [9.17, 15) is 19.5 Å². The van der Waals surface area contributed by atoms with Gasteiger partial charge < -0.3 is 9.84 Å². The van der Waals surface area contributed by atoms with Crippen molar-refractivity contribution in [3.05, 3.63) is 92.5 Å². The second kappa shape index (κ2) is 9.00. The predicted molar refractivity (Wildman–Crippen MR) is 133 cm³/mol. The van der Waals surface area contributed by atoms with Crippen LogP contribution < -0.4 is 10.3 Å². The molecule has 5 rings (SSSR count). The van der Waals surface area contributed by atoms with Crippen molar-refractivity contribution in [3.63, 3.8) is 0 Å². The van der Waals surface area contributed by atoms with Crippen LogP contribution in [0.15, 0.2) is 59.4 Å². The van der Waals surface area contributed by atoms with Crippen LogP contribution in [0.4, 0.5) is 0 Å². The molecule has 1 N–H and O–H groups in total. The number of carbonyl (C=O) groups is 2. The number of carboxylic acid groups (broad SMARTS) is 1. The van der Waals surface area contributed by atoms with Gasteiger partial charge in [-0.1, -0.05) is 29.8 Å². The number of fused-ring (bicyclic) bond motifs is 3. The van der Waals surface area contributed by atoms with E-state index in [0.717, 1.165) is 5.56 Å². The number of carboxylic acids is 1. The van der Waals surface area contributed by atoms with Crippen molar-refractivity contribution in [2.45, 2.75) is 26.3 Å². The largest absolute Gasteiger partial charge is 0.491 e. The molecule has 0 amide bonds. The zero-order chi connectivity index (χ0) is 24.7. The van der Waals surface area contributed by atoms with Crippen LogP contribution in [0, 0.1) is 6.92 Å². The molecule has 35 heavy (non-hydrogen) atoms. The maximum atomic E-state index is 13.4. The Morgan fingerprint density at radius 3 is 2.74 bits per heavy atom. The van der Waals surface area contributed by atoms with Gasteiger partial charge in [-0.05, 0) is 60.9 Å². The fourth-order valence-corrected chi connectivity index (χ4v) is 4.72. The van der Waals surface area contributed by atoms with Crippen LogP contribution in [-0.2, 0) is 13.0 Å². The van der Waals surface area contributed by atoms with Crippen LogP contribution in [0.5, 0.6) is 5.75 Å². The summed E-state index contributed by atoms with van der Waals surface area (Å²) in [4.78, 5) is 41.8. The number of ether oxygens (including phenoxy) is 1. The van der Waals surface area contributed by atoms with E-state index in [0.29, 0.717) is 57.0 Å². The number of halogens is 1. The summed E-state index contributed by atoms with van der Waals surface area (Å²) >= 11 is 6.20. The number of rotatable bonds is 6. The van der Waals surface area contributed by atoms with Gasteiger partial charge in [-0.3, -0.25) is 14.2 Å². The predicted octanol–water partition coefficient (Wildman–Crippen LogP) is 4.93. The van der Waals surface area contributed by atoms with Gasteiger partial charge in [0.05, 0.1) is 23.0 Å². The van der Waals surface area contributed by atoms with E-state index in [2.05, 4.69) is 4.98 Å². The Bertz CT molecular complexity index is 1570. The van der Waals surface area contributed by atoms with E-state index in [4.69, 9.17) is 16.3 Å². The Morgan fingerprint density at radius 1 is 1.11 bits per heavy atom. The van der Waals surface area contributed by atoms with Gasteiger partial charge in [-0.2, -0.15) is 0 Å². The minimum atomic E-state index is -1.03. The Labute approximate surface area is 205 Å². The van der Waals surface area contributed by atoms with Gasteiger partial charge in [0.25, 0.3) is 5.56 Å². The maximum absolute atomic E-state index is 13.4. The number of nitrogens with zero attached hydrogens (tertiary/aromatic N) is 2. The summed E-state index contributed by atoms with van der Waals surface area (Å²) in [5.41, 5.74) is 3.10. The first-order valence-electron chi connectivity index (χ1n) is 11.2. The average Bonchev–Trinajstić information content (AvgIpc) is 3.22. The number of aromatic carboxylic acids is 1. The lowest BCUT2D eigenvalue weighted by Crippen LogP contribution is -2.27. The second-order valence-corrected chi connectivity index (χ2v) is 8.84. The number of carbonyl (C=O) groups excluding carboxylic acids is 1. The lowest BCUT2D eigenvalue weighted by molar-refractivity contribution is 0.0696. The Balaban J connectivity index is 1.45. The van der Waals surface area contributed by atoms with E-state index in [1.54, 1.807) is 49.4 Å². The van der Waals surface area contributed by atoms with Gasteiger partial charge in [-0.15, -0.1) is 0 Å². The summed E-state index contributed by atoms with van der Waals surface area (Å²) in [5.74, 6) is -0.0139. The molecule has 0 atom stereocenters. The topological polar surface area (TPSA) is 98.5 Å². The lowest BCUT2D eigenvalue weighted by Gasteiger charge is -2.15. The van der Waals surface area contributed by atoms with Gasteiger partial charge in [0.2, 0.25) is 0 Å². The van der Waals surface area contributed by atoms with Gasteiger partial charge in [0, 0.05) is 22.6 Å². The van der Waals surface area contributed by atoms with Crippen LogP contribution in [0.3, 0.4) is 0 Å². The number of benzene rings is 3. The van der Waals surface area contributed by atoms with Crippen LogP contribution in [0.2, 0.25) is 5.02 Å². The number of Topliss-reactive ketones (excluding diaryl/α,β-unsaturated/α-hetero) is 1. The van der Waals surface area contributed by atoms with E-state index in [1.165, 1.54) is 10.6 Å². The third-order valence-corrected chi connectivity index (χ3v) is 6.47. The highest BCUT2D eigenvalue weighted by Gasteiger charge is 2.25. The SMILES string of the molecule is Cc1nc2ccc3c(c2c(=O)n1CCOc1ccc(Cl)cc1-c1cccc(C(=O)O)c1)C(=O)CC3. The molecule has 0 bridgehead atoms. The molecular weight excluding hydrogens is 468 g/mol. The molecule has 3 aromatic carbocycles. The standard InChI is InChI=1S/C27H21ClN2O5/c1-15-29-21-8-5-16-6-9-22(31)24(16)25(21)26(32)30(15)11-12-35-23-10-7-19(28)14-20(23)17-3-2-4-18(13-17)27(33)34/h2-5,7-8,10,13-14H,6,9,11-12H2,1H3,(H,33,34). The fraction of sp³-hybridized carbons (Fsp3) is 0.185. The van der Waals surface area contributed by atoms with Crippen LogP contribution in [0.1, 0.15) is 38.5 Å². The summed E-state index contributed by atoms with van der Waals surface area (Å²) < 4.78 is 7.55. The van der Waals surface area contributed by atoms with E-state index in [1.807, 2.05) is 6.07 Å². The third-order valence-electron chi connectivity index (χ3n) is 6.24. The molecule has 0 spiro atoms. The highest BCUT2D eigenvalue weighted by atomic mass is 35.5. The molecule has 0 saturated heterocycles. The first kappa shape index (κ1) is 22.8. The van der Waals surface area contributed by atoms with Crippen LogP contribution >= 0.6 is 11.6 Å². The summed E-state index contributed by atoms with van der Waals surface area (Å²) in [6.45, 7) is 2.13. The quantitative estimate of drug-likeness (QED) is 0.413. The van der Waals surface area contributed by atoms with Gasteiger partial charge in [0.15, 0.2) is 5.78 Å². The number of ketones is 1. The monoisotopic (exact) mass is 488 g/mol. The maximum Gasteiger partial charge on any atom is 0.335 e. The van der Waals surface area contributed by atoms with Crippen molar-refractivity contribution in [2.75, 3.05) is 6.61 Å². The van der Waals surface area contributed by atoms with Crippen molar-refractivity contribution in [2.24, 2.45) is 0 Å². The molecule has 1 aliphatic rings. The summed E-state index contributed by atoms with van der Waals surface area (Å²) in [5, 5.41) is 10.2. The molecule has 0 saturated carbocycles. The fourth-order valence-electron chi connectivity index (χ4n) is 4.54.